The monoisotopic (exact) mass is 298 g/mol. The fourth-order valence-corrected chi connectivity index (χ4v) is 2.77. The number of amides is 1. The van der Waals surface area contributed by atoms with Crippen LogP contribution in [0.25, 0.3) is 0 Å². The largest absolute Gasteiger partial charge is 0.312 e. The highest BCUT2D eigenvalue weighted by Crippen LogP contribution is 2.23. The lowest BCUT2D eigenvalue weighted by molar-refractivity contribution is 0.0987. The standard InChI is InChI=1S/C17H22N4O/c1-11(2)12-5-4-6-13(9-12)21(3)17(22)16-14-10-18-8-7-15(14)19-20-16/h4-6,9,11,18H,7-8,10H2,1-3H3,(H,19,20). The molecule has 0 atom stereocenters. The number of carbonyl (C=O) groups excluding carboxylic acids is 1. The minimum absolute atomic E-state index is 0.0675. The average Bonchev–Trinajstić information content (AvgIpc) is 2.97. The molecule has 0 radical (unpaired) electrons. The van der Waals surface area contributed by atoms with Crippen LogP contribution in [0.5, 0.6) is 0 Å². The highest BCUT2D eigenvalue weighted by atomic mass is 16.2. The third-order valence-corrected chi connectivity index (χ3v) is 4.24. The van der Waals surface area contributed by atoms with Crippen LogP contribution >= 0.6 is 0 Å². The third-order valence-electron chi connectivity index (χ3n) is 4.24. The highest BCUT2D eigenvalue weighted by molar-refractivity contribution is 6.05. The minimum atomic E-state index is -0.0675. The van der Waals surface area contributed by atoms with Gasteiger partial charge in [-0.2, -0.15) is 5.10 Å². The number of benzene rings is 1. The SMILES string of the molecule is CC(C)c1cccc(N(C)C(=O)c2n[nH]c3c2CNCC3)c1. The number of aromatic nitrogens is 2. The van der Waals surface area contributed by atoms with Gasteiger partial charge in [0.15, 0.2) is 5.69 Å². The van der Waals surface area contributed by atoms with E-state index in [2.05, 4.69) is 41.5 Å². The maximum Gasteiger partial charge on any atom is 0.278 e. The van der Waals surface area contributed by atoms with Crippen molar-refractivity contribution in [1.82, 2.24) is 15.5 Å². The zero-order valence-electron chi connectivity index (χ0n) is 13.3. The summed E-state index contributed by atoms with van der Waals surface area (Å²) in [6.45, 7) is 5.93. The smallest absolute Gasteiger partial charge is 0.278 e. The normalized spacial score (nSPS) is 14.0. The van der Waals surface area contributed by atoms with E-state index in [4.69, 9.17) is 0 Å². The Morgan fingerprint density at radius 1 is 1.36 bits per heavy atom. The van der Waals surface area contributed by atoms with Crippen LogP contribution in [-0.4, -0.2) is 29.7 Å². The summed E-state index contributed by atoms with van der Waals surface area (Å²) in [5.41, 5.74) is 4.73. The van der Waals surface area contributed by atoms with Gasteiger partial charge in [-0.05, 0) is 23.6 Å². The number of nitrogens with zero attached hydrogens (tertiary/aromatic N) is 2. The molecule has 0 unspecified atom stereocenters. The second-order valence-corrected chi connectivity index (χ2v) is 6.07. The number of aromatic amines is 1. The van der Waals surface area contributed by atoms with Crippen molar-refractivity contribution in [1.29, 1.82) is 0 Å². The molecule has 3 rings (SSSR count). The van der Waals surface area contributed by atoms with E-state index in [0.717, 1.165) is 29.9 Å². The Bertz CT molecular complexity index is 690. The molecule has 116 valence electrons. The lowest BCUT2D eigenvalue weighted by Crippen LogP contribution is -2.30. The second kappa shape index (κ2) is 5.93. The molecule has 0 spiro atoms. The first-order valence-electron chi connectivity index (χ1n) is 7.72. The molecule has 2 N–H and O–H groups in total. The van der Waals surface area contributed by atoms with Crippen molar-refractivity contribution in [3.8, 4) is 0 Å². The highest BCUT2D eigenvalue weighted by Gasteiger charge is 2.24. The van der Waals surface area contributed by atoms with E-state index in [9.17, 15) is 4.79 Å². The predicted molar refractivity (Wildman–Crippen MR) is 87.3 cm³/mol. The van der Waals surface area contributed by atoms with Gasteiger partial charge in [0.2, 0.25) is 0 Å². The van der Waals surface area contributed by atoms with Crippen molar-refractivity contribution < 1.29 is 4.79 Å². The lowest BCUT2D eigenvalue weighted by atomic mass is 10.0. The van der Waals surface area contributed by atoms with Crippen molar-refractivity contribution >= 4 is 11.6 Å². The molecular formula is C17H22N4O. The molecule has 0 saturated carbocycles. The van der Waals surface area contributed by atoms with Gasteiger partial charge >= 0.3 is 0 Å². The topological polar surface area (TPSA) is 61.0 Å². The number of hydrogen-bond donors (Lipinski definition) is 2. The molecule has 1 aromatic carbocycles. The Balaban J connectivity index is 1.89. The maximum atomic E-state index is 12.8. The average molecular weight is 298 g/mol. The summed E-state index contributed by atoms with van der Waals surface area (Å²) in [7, 11) is 1.80. The summed E-state index contributed by atoms with van der Waals surface area (Å²) in [5.74, 6) is 0.368. The lowest BCUT2D eigenvalue weighted by Gasteiger charge is -2.19. The van der Waals surface area contributed by atoms with Crippen LogP contribution in [0.15, 0.2) is 24.3 Å². The number of hydrogen-bond acceptors (Lipinski definition) is 3. The van der Waals surface area contributed by atoms with Crippen molar-refractivity contribution in [2.75, 3.05) is 18.5 Å². The second-order valence-electron chi connectivity index (χ2n) is 6.07. The Hall–Kier alpha value is -2.14. The Morgan fingerprint density at radius 2 is 2.18 bits per heavy atom. The zero-order chi connectivity index (χ0) is 15.7. The molecule has 0 bridgehead atoms. The Labute approximate surface area is 130 Å². The van der Waals surface area contributed by atoms with Gasteiger partial charge in [-0.3, -0.25) is 9.89 Å². The molecule has 2 heterocycles. The van der Waals surface area contributed by atoms with E-state index >= 15 is 0 Å². The molecule has 1 aromatic heterocycles. The van der Waals surface area contributed by atoms with Crippen molar-refractivity contribution in [2.24, 2.45) is 0 Å². The molecule has 1 aliphatic rings. The molecule has 1 aliphatic heterocycles. The predicted octanol–water partition coefficient (Wildman–Crippen LogP) is 2.46. The van der Waals surface area contributed by atoms with Gasteiger partial charge in [0.25, 0.3) is 5.91 Å². The molecule has 2 aromatic rings. The first-order chi connectivity index (χ1) is 10.6. The van der Waals surface area contributed by atoms with Gasteiger partial charge in [-0.25, -0.2) is 0 Å². The van der Waals surface area contributed by atoms with Crippen LogP contribution in [0.1, 0.15) is 47.1 Å². The van der Waals surface area contributed by atoms with Crippen molar-refractivity contribution in [3.63, 3.8) is 0 Å². The summed E-state index contributed by atoms with van der Waals surface area (Å²) in [4.78, 5) is 14.5. The molecule has 0 aliphatic carbocycles. The molecule has 5 nitrogen and oxygen atoms in total. The van der Waals surface area contributed by atoms with E-state index in [1.165, 1.54) is 5.56 Å². The van der Waals surface area contributed by atoms with Crippen LogP contribution in [0.3, 0.4) is 0 Å². The number of carbonyl (C=O) groups is 1. The van der Waals surface area contributed by atoms with Crippen LogP contribution in [0, 0.1) is 0 Å². The first-order valence-corrected chi connectivity index (χ1v) is 7.72. The molecule has 22 heavy (non-hydrogen) atoms. The molecule has 5 heteroatoms. The van der Waals surface area contributed by atoms with Gasteiger partial charge in [0.05, 0.1) is 0 Å². The van der Waals surface area contributed by atoms with Crippen molar-refractivity contribution in [3.05, 3.63) is 46.8 Å². The van der Waals surface area contributed by atoms with Gasteiger partial charge in [0, 0.05) is 43.5 Å². The quantitative estimate of drug-likeness (QED) is 0.915. The fourth-order valence-electron chi connectivity index (χ4n) is 2.77. The summed E-state index contributed by atoms with van der Waals surface area (Å²) in [6, 6.07) is 8.11. The van der Waals surface area contributed by atoms with E-state index < -0.39 is 0 Å². The van der Waals surface area contributed by atoms with Crippen LogP contribution in [0.2, 0.25) is 0 Å². The number of anilines is 1. The van der Waals surface area contributed by atoms with Gasteiger partial charge in [-0.1, -0.05) is 26.0 Å². The van der Waals surface area contributed by atoms with E-state index in [1.807, 2.05) is 12.1 Å². The Morgan fingerprint density at radius 3 is 2.95 bits per heavy atom. The minimum Gasteiger partial charge on any atom is -0.312 e. The van der Waals surface area contributed by atoms with Crippen LogP contribution in [0.4, 0.5) is 5.69 Å². The summed E-state index contributed by atoms with van der Waals surface area (Å²) in [6.07, 6.45) is 0.891. The molecule has 0 fully saturated rings. The van der Waals surface area contributed by atoms with E-state index in [-0.39, 0.29) is 5.91 Å². The molecule has 1 amide bonds. The number of fused-ring (bicyclic) bond motifs is 1. The maximum absolute atomic E-state index is 12.8. The van der Waals surface area contributed by atoms with Crippen LogP contribution < -0.4 is 10.2 Å². The molecule has 0 saturated heterocycles. The van der Waals surface area contributed by atoms with Crippen LogP contribution in [-0.2, 0) is 13.0 Å². The van der Waals surface area contributed by atoms with Gasteiger partial charge < -0.3 is 10.2 Å². The van der Waals surface area contributed by atoms with E-state index in [1.54, 1.807) is 11.9 Å². The summed E-state index contributed by atoms with van der Waals surface area (Å²) < 4.78 is 0. The molecular weight excluding hydrogens is 276 g/mol. The summed E-state index contributed by atoms with van der Waals surface area (Å²) >= 11 is 0. The number of nitrogens with one attached hydrogen (secondary N) is 2. The Kier molecular flexibility index (Phi) is 3.98. The third kappa shape index (κ3) is 2.64. The summed E-state index contributed by atoms with van der Waals surface area (Å²) in [5, 5.41) is 10.5. The van der Waals surface area contributed by atoms with E-state index in [0.29, 0.717) is 18.2 Å². The number of H-pyrrole nitrogens is 1. The fraction of sp³-hybridized carbons (Fsp3) is 0.412. The zero-order valence-corrected chi connectivity index (χ0v) is 13.3. The van der Waals surface area contributed by atoms with Crippen molar-refractivity contribution in [2.45, 2.75) is 32.7 Å². The first kappa shape index (κ1) is 14.8. The number of rotatable bonds is 3. The van der Waals surface area contributed by atoms with Gasteiger partial charge in [0.1, 0.15) is 0 Å². The van der Waals surface area contributed by atoms with Gasteiger partial charge in [-0.15, -0.1) is 0 Å².